The number of hydrogen-bond donors (Lipinski definition) is 0. The van der Waals surface area contributed by atoms with Gasteiger partial charge in [0.1, 0.15) is 5.75 Å². The molecule has 0 saturated carbocycles. The summed E-state index contributed by atoms with van der Waals surface area (Å²) in [7, 11) is 6.58. The van der Waals surface area contributed by atoms with Gasteiger partial charge in [-0.3, -0.25) is 0 Å². The van der Waals surface area contributed by atoms with Gasteiger partial charge in [0.25, 0.3) is 0 Å². The molecule has 2 aromatic rings. The van der Waals surface area contributed by atoms with Crippen molar-refractivity contribution in [3.8, 4) is 5.75 Å². The van der Waals surface area contributed by atoms with Gasteiger partial charge in [-0.25, -0.2) is 0 Å². The van der Waals surface area contributed by atoms with Crippen LogP contribution >= 0.6 is 8.58 Å². The summed E-state index contributed by atoms with van der Waals surface area (Å²) in [5.41, 5.74) is 5.49. The summed E-state index contributed by atoms with van der Waals surface area (Å²) >= 11 is 0. The SMILES string of the molecule is CCC(Pc1ccc(C)cc1N(C)C)c1cccc(C)c1OCOC. The molecule has 0 bridgehead atoms. The van der Waals surface area contributed by atoms with Crippen LogP contribution in [-0.4, -0.2) is 28.0 Å². The normalized spacial score (nSPS) is 12.6. The monoisotopic (exact) mass is 359 g/mol. The Morgan fingerprint density at radius 3 is 2.52 bits per heavy atom. The van der Waals surface area contributed by atoms with E-state index in [1.165, 1.54) is 22.1 Å². The Labute approximate surface area is 154 Å². The van der Waals surface area contributed by atoms with Crippen LogP contribution in [0, 0.1) is 13.8 Å². The molecule has 0 amide bonds. The van der Waals surface area contributed by atoms with Crippen molar-refractivity contribution in [2.24, 2.45) is 0 Å². The number of anilines is 1. The first-order valence-electron chi connectivity index (χ1n) is 8.73. The minimum atomic E-state index is 0.283. The van der Waals surface area contributed by atoms with E-state index in [0.717, 1.165) is 17.7 Å². The van der Waals surface area contributed by atoms with Crippen molar-refractivity contribution in [3.63, 3.8) is 0 Å². The van der Waals surface area contributed by atoms with Crippen molar-refractivity contribution in [3.05, 3.63) is 53.1 Å². The fourth-order valence-electron chi connectivity index (χ4n) is 2.99. The van der Waals surface area contributed by atoms with E-state index < -0.39 is 0 Å². The molecule has 2 aromatic carbocycles. The predicted octanol–water partition coefficient (Wildman–Crippen LogP) is 4.81. The van der Waals surface area contributed by atoms with Gasteiger partial charge in [-0.05, 0) is 42.8 Å². The second kappa shape index (κ2) is 9.22. The highest BCUT2D eigenvalue weighted by Crippen LogP contribution is 2.43. The minimum Gasteiger partial charge on any atom is -0.467 e. The molecule has 2 atom stereocenters. The molecule has 0 aliphatic heterocycles. The van der Waals surface area contributed by atoms with Crippen molar-refractivity contribution in [2.75, 3.05) is 32.9 Å². The Balaban J connectivity index is 2.37. The Morgan fingerprint density at radius 2 is 1.88 bits per heavy atom. The highest BCUT2D eigenvalue weighted by molar-refractivity contribution is 7.48. The third kappa shape index (κ3) is 4.96. The van der Waals surface area contributed by atoms with Crippen LogP contribution in [0.25, 0.3) is 0 Å². The lowest BCUT2D eigenvalue weighted by atomic mass is 10.1. The second-order valence-corrected chi connectivity index (χ2v) is 8.09. The summed E-state index contributed by atoms with van der Waals surface area (Å²) in [4.78, 5) is 2.21. The Kier molecular flexibility index (Phi) is 7.28. The molecule has 4 heteroatoms. The minimum absolute atomic E-state index is 0.283. The van der Waals surface area contributed by atoms with Gasteiger partial charge in [-0.2, -0.15) is 0 Å². The summed E-state index contributed by atoms with van der Waals surface area (Å²) in [6.07, 6.45) is 1.08. The molecule has 136 valence electrons. The maximum absolute atomic E-state index is 5.91. The van der Waals surface area contributed by atoms with E-state index in [2.05, 4.69) is 76.2 Å². The zero-order chi connectivity index (χ0) is 18.4. The predicted molar refractivity (Wildman–Crippen MR) is 110 cm³/mol. The number of ether oxygens (including phenoxy) is 2. The Bertz CT molecular complexity index is 700. The summed E-state index contributed by atoms with van der Waals surface area (Å²) < 4.78 is 11.0. The van der Waals surface area contributed by atoms with E-state index in [-0.39, 0.29) is 6.79 Å². The lowest BCUT2D eigenvalue weighted by molar-refractivity contribution is 0.0499. The maximum atomic E-state index is 5.91. The lowest BCUT2D eigenvalue weighted by Gasteiger charge is -2.24. The van der Waals surface area contributed by atoms with Gasteiger partial charge >= 0.3 is 0 Å². The van der Waals surface area contributed by atoms with Gasteiger partial charge in [0, 0.05) is 38.1 Å². The van der Waals surface area contributed by atoms with Crippen LogP contribution in [-0.2, 0) is 4.74 Å². The van der Waals surface area contributed by atoms with Crippen molar-refractivity contribution < 1.29 is 9.47 Å². The van der Waals surface area contributed by atoms with E-state index in [1.807, 2.05) is 0 Å². The molecule has 0 fully saturated rings. The highest BCUT2D eigenvalue weighted by Gasteiger charge is 2.19. The largest absolute Gasteiger partial charge is 0.467 e. The van der Waals surface area contributed by atoms with Crippen LogP contribution in [0.1, 0.15) is 35.7 Å². The zero-order valence-electron chi connectivity index (χ0n) is 16.2. The molecule has 3 nitrogen and oxygen atoms in total. The third-order valence-corrected chi connectivity index (χ3v) is 6.11. The number of methoxy groups -OCH3 is 1. The fourth-order valence-corrected chi connectivity index (χ4v) is 4.57. The molecule has 0 N–H and O–H groups in total. The summed E-state index contributed by atoms with van der Waals surface area (Å²) in [6.45, 7) is 6.78. The summed E-state index contributed by atoms with van der Waals surface area (Å²) in [5.74, 6) is 0.974. The van der Waals surface area contributed by atoms with Gasteiger partial charge in [-0.15, -0.1) is 0 Å². The van der Waals surface area contributed by atoms with E-state index in [9.17, 15) is 0 Å². The van der Waals surface area contributed by atoms with E-state index in [4.69, 9.17) is 9.47 Å². The van der Waals surface area contributed by atoms with Crippen molar-refractivity contribution in [1.29, 1.82) is 0 Å². The number of nitrogens with zero attached hydrogens (tertiary/aromatic N) is 1. The lowest BCUT2D eigenvalue weighted by Crippen LogP contribution is -2.17. The van der Waals surface area contributed by atoms with Crippen LogP contribution in [0.5, 0.6) is 5.75 Å². The van der Waals surface area contributed by atoms with Crippen molar-refractivity contribution in [1.82, 2.24) is 0 Å². The molecule has 2 rings (SSSR count). The van der Waals surface area contributed by atoms with Gasteiger partial charge in [-0.1, -0.05) is 45.8 Å². The average Bonchev–Trinajstić information content (AvgIpc) is 2.59. The van der Waals surface area contributed by atoms with E-state index in [1.54, 1.807) is 7.11 Å². The van der Waals surface area contributed by atoms with Gasteiger partial charge in [0.2, 0.25) is 0 Å². The van der Waals surface area contributed by atoms with Crippen molar-refractivity contribution >= 4 is 19.6 Å². The van der Waals surface area contributed by atoms with E-state index >= 15 is 0 Å². The van der Waals surface area contributed by atoms with E-state index in [0.29, 0.717) is 14.2 Å². The van der Waals surface area contributed by atoms with Gasteiger partial charge in [0.05, 0.1) is 0 Å². The fraction of sp³-hybridized carbons (Fsp3) is 0.429. The first kappa shape index (κ1) is 19.8. The molecule has 0 aliphatic carbocycles. The molecule has 0 heterocycles. The van der Waals surface area contributed by atoms with Crippen molar-refractivity contribution in [2.45, 2.75) is 32.9 Å². The molecular weight excluding hydrogens is 329 g/mol. The molecular formula is C21H30NO2P. The number of hydrogen-bond acceptors (Lipinski definition) is 3. The Morgan fingerprint density at radius 1 is 1.12 bits per heavy atom. The van der Waals surface area contributed by atoms with Crippen LogP contribution in [0.15, 0.2) is 36.4 Å². The topological polar surface area (TPSA) is 21.7 Å². The molecule has 0 radical (unpaired) electrons. The Hall–Kier alpha value is -1.57. The molecule has 2 unspecified atom stereocenters. The third-order valence-electron chi connectivity index (χ3n) is 4.31. The maximum Gasteiger partial charge on any atom is 0.188 e. The summed E-state index contributed by atoms with van der Waals surface area (Å²) in [5, 5.41) is 1.40. The molecule has 0 aromatic heterocycles. The first-order chi connectivity index (χ1) is 12.0. The quantitative estimate of drug-likeness (QED) is 0.499. The molecule has 0 saturated heterocycles. The zero-order valence-corrected chi connectivity index (χ0v) is 17.2. The average molecular weight is 359 g/mol. The number of aryl methyl sites for hydroxylation is 2. The molecule has 0 aliphatic rings. The number of benzene rings is 2. The highest BCUT2D eigenvalue weighted by atomic mass is 31.1. The van der Waals surface area contributed by atoms with Gasteiger partial charge < -0.3 is 14.4 Å². The second-order valence-electron chi connectivity index (χ2n) is 6.56. The van der Waals surface area contributed by atoms with Gasteiger partial charge in [0.15, 0.2) is 6.79 Å². The van der Waals surface area contributed by atoms with Crippen LogP contribution in [0.2, 0.25) is 0 Å². The smallest absolute Gasteiger partial charge is 0.188 e. The number of rotatable bonds is 8. The first-order valence-corrected chi connectivity index (χ1v) is 9.81. The summed E-state index contributed by atoms with van der Waals surface area (Å²) in [6, 6.07) is 13.2. The molecule has 0 spiro atoms. The van der Waals surface area contributed by atoms with Crippen LogP contribution < -0.4 is 14.9 Å². The standard InChI is InChI=1S/C21H30NO2P/c1-7-19(17-10-8-9-16(3)21(17)24-14-23-6)25-20-12-11-15(2)13-18(20)22(4)5/h8-13,19,25H,7,14H2,1-6H3. The number of para-hydroxylation sites is 1. The van der Waals surface area contributed by atoms with Crippen LogP contribution in [0.4, 0.5) is 5.69 Å². The molecule has 25 heavy (non-hydrogen) atoms. The van der Waals surface area contributed by atoms with Crippen LogP contribution in [0.3, 0.4) is 0 Å².